The van der Waals surface area contributed by atoms with Crippen LogP contribution in [0.25, 0.3) is 10.9 Å². The lowest BCUT2D eigenvalue weighted by Gasteiger charge is -2.10. The number of aryl methyl sites for hydroxylation is 2. The van der Waals surface area contributed by atoms with E-state index >= 15 is 0 Å². The van der Waals surface area contributed by atoms with Gasteiger partial charge in [0.25, 0.3) is 5.91 Å². The molecule has 0 aliphatic carbocycles. The van der Waals surface area contributed by atoms with Crippen molar-refractivity contribution < 1.29 is 4.79 Å². The molecule has 0 radical (unpaired) electrons. The molecule has 0 spiro atoms. The summed E-state index contributed by atoms with van der Waals surface area (Å²) in [5.74, 6) is -0.198. The number of nitrogens with zero attached hydrogens (tertiary/aromatic N) is 1. The van der Waals surface area contributed by atoms with Crippen molar-refractivity contribution in [3.63, 3.8) is 0 Å². The lowest BCUT2D eigenvalue weighted by molar-refractivity contribution is 0.0953. The summed E-state index contributed by atoms with van der Waals surface area (Å²) >= 11 is 12.0. The first kappa shape index (κ1) is 16.9. The Kier molecular flexibility index (Phi) is 5.12. The average Bonchev–Trinajstić information content (AvgIpc) is 2.89. The fraction of sp³-hybridized carbons (Fsp3) is 0.211. The molecule has 0 unspecified atom stereocenters. The van der Waals surface area contributed by atoms with Gasteiger partial charge < -0.3 is 9.88 Å². The van der Waals surface area contributed by atoms with Gasteiger partial charge in [-0.15, -0.1) is 0 Å². The fourth-order valence-corrected chi connectivity index (χ4v) is 3.23. The number of carbonyl (C=O) groups is 1. The first-order valence-electron chi connectivity index (χ1n) is 7.84. The Hall–Kier alpha value is -1.97. The zero-order valence-corrected chi connectivity index (χ0v) is 14.9. The predicted molar refractivity (Wildman–Crippen MR) is 100 cm³/mol. The molecular formula is C19H18Cl2N2O. The highest BCUT2D eigenvalue weighted by Gasteiger charge is 2.10. The summed E-state index contributed by atoms with van der Waals surface area (Å²) in [5.41, 5.74) is 2.85. The van der Waals surface area contributed by atoms with Crippen LogP contribution in [-0.4, -0.2) is 17.0 Å². The molecule has 1 aromatic heterocycles. The van der Waals surface area contributed by atoms with Gasteiger partial charge in [0.05, 0.1) is 10.6 Å². The SMILES string of the molecule is Cc1cc2ccccc2n1CCCNC(=O)c1cc(Cl)ccc1Cl. The number of hydrogen-bond acceptors (Lipinski definition) is 1. The third kappa shape index (κ3) is 3.58. The number of hydrogen-bond donors (Lipinski definition) is 1. The van der Waals surface area contributed by atoms with Crippen LogP contribution in [0, 0.1) is 6.92 Å². The summed E-state index contributed by atoms with van der Waals surface area (Å²) in [6.45, 7) is 3.53. The monoisotopic (exact) mass is 360 g/mol. The van der Waals surface area contributed by atoms with Crippen LogP contribution < -0.4 is 5.32 Å². The van der Waals surface area contributed by atoms with Crippen LogP contribution in [0.4, 0.5) is 0 Å². The number of nitrogens with one attached hydrogen (secondary N) is 1. The van der Waals surface area contributed by atoms with Crippen molar-refractivity contribution in [1.29, 1.82) is 0 Å². The Morgan fingerprint density at radius 2 is 1.92 bits per heavy atom. The zero-order chi connectivity index (χ0) is 17.1. The minimum atomic E-state index is -0.198. The largest absolute Gasteiger partial charge is 0.352 e. The lowest BCUT2D eigenvalue weighted by Crippen LogP contribution is -2.25. The molecule has 1 N–H and O–H groups in total. The van der Waals surface area contributed by atoms with Crippen molar-refractivity contribution in [2.24, 2.45) is 0 Å². The normalized spacial score (nSPS) is 11.0. The fourth-order valence-electron chi connectivity index (χ4n) is 2.85. The van der Waals surface area contributed by atoms with E-state index in [0.717, 1.165) is 13.0 Å². The van der Waals surface area contributed by atoms with E-state index < -0.39 is 0 Å². The van der Waals surface area contributed by atoms with Gasteiger partial charge in [-0.25, -0.2) is 0 Å². The number of carbonyl (C=O) groups excluding carboxylic acids is 1. The van der Waals surface area contributed by atoms with Gasteiger partial charge in [0.2, 0.25) is 0 Å². The molecule has 2 aromatic carbocycles. The molecule has 0 aliphatic heterocycles. The van der Waals surface area contributed by atoms with E-state index in [1.807, 2.05) is 12.1 Å². The third-order valence-corrected chi connectivity index (χ3v) is 4.60. The van der Waals surface area contributed by atoms with E-state index in [1.54, 1.807) is 18.2 Å². The van der Waals surface area contributed by atoms with Gasteiger partial charge in [-0.1, -0.05) is 41.4 Å². The van der Waals surface area contributed by atoms with Gasteiger partial charge in [-0.05, 0) is 49.1 Å². The van der Waals surface area contributed by atoms with Gasteiger partial charge in [-0.2, -0.15) is 0 Å². The minimum Gasteiger partial charge on any atom is -0.352 e. The smallest absolute Gasteiger partial charge is 0.252 e. The summed E-state index contributed by atoms with van der Waals surface area (Å²) < 4.78 is 2.27. The number of rotatable bonds is 5. The van der Waals surface area contributed by atoms with Crippen LogP contribution in [0.1, 0.15) is 22.5 Å². The van der Waals surface area contributed by atoms with Crippen LogP contribution >= 0.6 is 23.2 Å². The molecule has 0 saturated heterocycles. The second kappa shape index (κ2) is 7.29. The Morgan fingerprint density at radius 3 is 2.75 bits per heavy atom. The summed E-state index contributed by atoms with van der Waals surface area (Å²) in [6, 6.07) is 15.4. The van der Waals surface area contributed by atoms with Crippen molar-refractivity contribution in [3.05, 3.63) is 69.8 Å². The van der Waals surface area contributed by atoms with E-state index in [-0.39, 0.29) is 5.91 Å². The van der Waals surface area contributed by atoms with Crippen LogP contribution in [0.5, 0.6) is 0 Å². The van der Waals surface area contributed by atoms with E-state index in [2.05, 4.69) is 35.0 Å². The van der Waals surface area contributed by atoms with E-state index in [4.69, 9.17) is 23.2 Å². The minimum absolute atomic E-state index is 0.198. The summed E-state index contributed by atoms with van der Waals surface area (Å²) in [5, 5.41) is 5.05. The second-order valence-corrected chi connectivity index (χ2v) is 6.57. The highest BCUT2D eigenvalue weighted by atomic mass is 35.5. The van der Waals surface area contributed by atoms with Gasteiger partial charge in [0.1, 0.15) is 0 Å². The molecule has 24 heavy (non-hydrogen) atoms. The summed E-state index contributed by atoms with van der Waals surface area (Å²) in [7, 11) is 0. The van der Waals surface area contributed by atoms with Gasteiger partial charge in [0, 0.05) is 29.3 Å². The topological polar surface area (TPSA) is 34.0 Å². The summed E-state index contributed by atoms with van der Waals surface area (Å²) in [4.78, 5) is 12.2. The maximum Gasteiger partial charge on any atom is 0.252 e. The molecule has 5 heteroatoms. The van der Waals surface area contributed by atoms with E-state index in [1.165, 1.54) is 16.6 Å². The predicted octanol–water partition coefficient (Wildman–Crippen LogP) is 5.08. The Morgan fingerprint density at radius 1 is 1.12 bits per heavy atom. The molecule has 0 saturated carbocycles. The second-order valence-electron chi connectivity index (χ2n) is 5.73. The molecule has 1 heterocycles. The van der Waals surface area contributed by atoms with Crippen LogP contribution in [0.2, 0.25) is 10.0 Å². The highest BCUT2D eigenvalue weighted by Crippen LogP contribution is 2.21. The number of amides is 1. The Balaban J connectivity index is 1.60. The third-order valence-electron chi connectivity index (χ3n) is 4.03. The van der Waals surface area contributed by atoms with Crippen LogP contribution in [0.3, 0.4) is 0 Å². The molecular weight excluding hydrogens is 343 g/mol. The Labute approximate surface area is 151 Å². The number of aromatic nitrogens is 1. The standard InChI is InChI=1S/C19H18Cl2N2O/c1-13-11-14-5-2-3-6-18(14)23(13)10-4-9-22-19(24)16-12-15(20)7-8-17(16)21/h2-3,5-8,11-12H,4,9-10H2,1H3,(H,22,24). The number of benzene rings is 2. The van der Waals surface area contributed by atoms with Gasteiger partial charge >= 0.3 is 0 Å². The molecule has 0 bridgehead atoms. The quantitative estimate of drug-likeness (QED) is 0.632. The van der Waals surface area contributed by atoms with Crippen molar-refractivity contribution in [3.8, 4) is 0 Å². The van der Waals surface area contributed by atoms with Gasteiger partial charge in [-0.3, -0.25) is 4.79 Å². The Bertz CT molecular complexity index is 886. The lowest BCUT2D eigenvalue weighted by atomic mass is 10.2. The zero-order valence-electron chi connectivity index (χ0n) is 13.4. The maximum absolute atomic E-state index is 12.2. The highest BCUT2D eigenvalue weighted by molar-refractivity contribution is 6.35. The van der Waals surface area contributed by atoms with Crippen molar-refractivity contribution >= 4 is 40.0 Å². The molecule has 0 aliphatic rings. The van der Waals surface area contributed by atoms with Crippen molar-refractivity contribution in [2.45, 2.75) is 19.9 Å². The van der Waals surface area contributed by atoms with Crippen molar-refractivity contribution in [1.82, 2.24) is 9.88 Å². The average molecular weight is 361 g/mol. The molecule has 3 rings (SSSR count). The van der Waals surface area contributed by atoms with E-state index in [9.17, 15) is 4.79 Å². The summed E-state index contributed by atoms with van der Waals surface area (Å²) in [6.07, 6.45) is 0.837. The molecule has 1 amide bonds. The van der Waals surface area contributed by atoms with E-state index in [0.29, 0.717) is 22.2 Å². The maximum atomic E-state index is 12.2. The molecule has 3 aromatic rings. The van der Waals surface area contributed by atoms with Crippen LogP contribution in [0.15, 0.2) is 48.5 Å². The first-order valence-corrected chi connectivity index (χ1v) is 8.60. The van der Waals surface area contributed by atoms with Crippen molar-refractivity contribution in [2.75, 3.05) is 6.54 Å². The molecule has 124 valence electrons. The van der Waals surface area contributed by atoms with Gasteiger partial charge in [0.15, 0.2) is 0 Å². The number of fused-ring (bicyclic) bond motifs is 1. The molecule has 0 atom stereocenters. The number of para-hydroxylation sites is 1. The molecule has 0 fully saturated rings. The number of halogens is 2. The molecule has 3 nitrogen and oxygen atoms in total. The first-order chi connectivity index (χ1) is 11.6. The van der Waals surface area contributed by atoms with Crippen LogP contribution in [-0.2, 0) is 6.54 Å².